The summed E-state index contributed by atoms with van der Waals surface area (Å²) in [4.78, 5) is 1.09. The number of rotatable bonds is 5. The first-order valence-corrected chi connectivity index (χ1v) is 8.47. The first-order chi connectivity index (χ1) is 10.3. The van der Waals surface area contributed by atoms with Gasteiger partial charge in [-0.25, -0.2) is 0 Å². The third kappa shape index (κ3) is 2.69. The van der Waals surface area contributed by atoms with Crippen molar-refractivity contribution < 1.29 is 4.74 Å². The number of benzene rings is 1. The fraction of sp³-hybridized carbons (Fsp3) is 0.200. The van der Waals surface area contributed by atoms with Crippen LogP contribution in [0.5, 0.6) is 5.75 Å². The summed E-state index contributed by atoms with van der Waals surface area (Å²) in [6, 6.07) is 12.0. The summed E-state index contributed by atoms with van der Waals surface area (Å²) in [5.41, 5.74) is 0.962. The van der Waals surface area contributed by atoms with Gasteiger partial charge in [-0.15, -0.1) is 21.5 Å². The molecule has 0 aliphatic rings. The molecule has 3 aromatic rings. The molecule has 0 fully saturated rings. The monoisotopic (exact) mass is 317 g/mol. The molecule has 21 heavy (non-hydrogen) atoms. The van der Waals surface area contributed by atoms with Crippen LogP contribution in [0.3, 0.4) is 0 Å². The first-order valence-electron chi connectivity index (χ1n) is 6.60. The second kappa shape index (κ2) is 6.32. The van der Waals surface area contributed by atoms with E-state index in [1.807, 2.05) is 35.7 Å². The fourth-order valence-electron chi connectivity index (χ4n) is 2.09. The zero-order valence-electron chi connectivity index (χ0n) is 11.8. The van der Waals surface area contributed by atoms with Gasteiger partial charge in [0.1, 0.15) is 5.75 Å². The molecule has 1 aromatic carbocycles. The number of aromatic nitrogens is 3. The van der Waals surface area contributed by atoms with Crippen molar-refractivity contribution in [1.29, 1.82) is 0 Å². The minimum atomic E-state index is 0.813. The van der Waals surface area contributed by atoms with Crippen LogP contribution in [0.1, 0.15) is 6.92 Å². The smallest absolute Gasteiger partial charge is 0.196 e. The van der Waals surface area contributed by atoms with Crippen LogP contribution < -0.4 is 4.74 Å². The Morgan fingerprint density at radius 3 is 2.76 bits per heavy atom. The second-order valence-corrected chi connectivity index (χ2v) is 6.40. The molecule has 3 rings (SSSR count). The molecule has 0 spiro atoms. The highest BCUT2D eigenvalue weighted by molar-refractivity contribution is 7.99. The van der Waals surface area contributed by atoms with Crippen LogP contribution in [0.25, 0.3) is 16.4 Å². The van der Waals surface area contributed by atoms with E-state index >= 15 is 0 Å². The number of thiophene rings is 1. The Morgan fingerprint density at radius 2 is 2.05 bits per heavy atom. The maximum absolute atomic E-state index is 5.49. The Balaban J connectivity index is 2.21. The maximum Gasteiger partial charge on any atom is 0.196 e. The van der Waals surface area contributed by atoms with Gasteiger partial charge in [0, 0.05) is 0 Å². The predicted molar refractivity (Wildman–Crippen MR) is 87.6 cm³/mol. The molecule has 0 aliphatic carbocycles. The predicted octanol–water partition coefficient (Wildman–Crippen LogP) is 4.12. The standard InChI is InChI=1S/C15H15N3OS2/c1-3-20-15-17-16-14(13-9-6-10-21-13)18(15)11-7-4-5-8-12(11)19-2/h4-10H,3H2,1-2H3. The van der Waals surface area contributed by atoms with E-state index in [0.29, 0.717) is 0 Å². The van der Waals surface area contributed by atoms with Gasteiger partial charge in [0.2, 0.25) is 0 Å². The molecule has 108 valence electrons. The summed E-state index contributed by atoms with van der Waals surface area (Å²) in [5.74, 6) is 2.61. The number of thioether (sulfide) groups is 1. The van der Waals surface area contributed by atoms with E-state index in [-0.39, 0.29) is 0 Å². The third-order valence-electron chi connectivity index (χ3n) is 2.97. The summed E-state index contributed by atoms with van der Waals surface area (Å²) < 4.78 is 7.56. The molecular formula is C15H15N3OS2. The lowest BCUT2D eigenvalue weighted by atomic mass is 10.3. The van der Waals surface area contributed by atoms with Crippen molar-refractivity contribution in [3.05, 3.63) is 41.8 Å². The molecule has 2 heterocycles. The lowest BCUT2D eigenvalue weighted by Gasteiger charge is -2.12. The van der Waals surface area contributed by atoms with Gasteiger partial charge in [-0.05, 0) is 29.3 Å². The largest absolute Gasteiger partial charge is 0.495 e. The molecule has 2 aromatic heterocycles. The van der Waals surface area contributed by atoms with Gasteiger partial charge in [-0.1, -0.05) is 36.9 Å². The van der Waals surface area contributed by atoms with Crippen LogP contribution in [0.4, 0.5) is 0 Å². The summed E-state index contributed by atoms with van der Waals surface area (Å²) in [7, 11) is 1.68. The maximum atomic E-state index is 5.49. The number of ether oxygens (including phenoxy) is 1. The molecule has 0 N–H and O–H groups in total. The van der Waals surface area contributed by atoms with Crippen molar-refractivity contribution in [2.24, 2.45) is 0 Å². The van der Waals surface area contributed by atoms with E-state index in [0.717, 1.165) is 33.0 Å². The SMILES string of the molecule is CCSc1nnc(-c2cccs2)n1-c1ccccc1OC. The van der Waals surface area contributed by atoms with Gasteiger partial charge in [0.25, 0.3) is 0 Å². The van der Waals surface area contributed by atoms with Crippen LogP contribution in [0, 0.1) is 0 Å². The number of hydrogen-bond donors (Lipinski definition) is 0. The quantitative estimate of drug-likeness (QED) is 0.664. The molecular weight excluding hydrogens is 302 g/mol. The van der Waals surface area contributed by atoms with E-state index in [2.05, 4.69) is 27.8 Å². The highest BCUT2D eigenvalue weighted by Crippen LogP contribution is 2.33. The molecule has 0 unspecified atom stereocenters. The Labute approximate surface area is 131 Å². The van der Waals surface area contributed by atoms with Crippen LogP contribution in [0.15, 0.2) is 46.9 Å². The number of para-hydroxylation sites is 2. The van der Waals surface area contributed by atoms with E-state index < -0.39 is 0 Å². The minimum absolute atomic E-state index is 0.813. The van der Waals surface area contributed by atoms with Crippen LogP contribution in [-0.2, 0) is 0 Å². The number of methoxy groups -OCH3 is 1. The van der Waals surface area contributed by atoms with E-state index in [4.69, 9.17) is 4.74 Å². The molecule has 4 nitrogen and oxygen atoms in total. The van der Waals surface area contributed by atoms with Crippen molar-refractivity contribution in [3.8, 4) is 22.1 Å². The molecule has 0 saturated heterocycles. The number of hydrogen-bond acceptors (Lipinski definition) is 5. The lowest BCUT2D eigenvalue weighted by molar-refractivity contribution is 0.412. The van der Waals surface area contributed by atoms with Crippen LogP contribution in [0.2, 0.25) is 0 Å². The highest BCUT2D eigenvalue weighted by Gasteiger charge is 2.18. The Hall–Kier alpha value is -1.79. The van der Waals surface area contributed by atoms with Gasteiger partial charge in [0.05, 0.1) is 17.7 Å². The van der Waals surface area contributed by atoms with E-state index in [9.17, 15) is 0 Å². The number of nitrogens with zero attached hydrogens (tertiary/aromatic N) is 3. The summed E-state index contributed by atoms with van der Waals surface area (Å²) in [6.45, 7) is 2.11. The van der Waals surface area contributed by atoms with Gasteiger partial charge in [-0.2, -0.15) is 0 Å². The van der Waals surface area contributed by atoms with Crippen molar-refractivity contribution in [2.75, 3.05) is 12.9 Å². The normalized spacial score (nSPS) is 10.8. The Kier molecular flexibility index (Phi) is 4.26. The van der Waals surface area contributed by atoms with Crippen LogP contribution >= 0.6 is 23.1 Å². The summed E-state index contributed by atoms with van der Waals surface area (Å²) in [5, 5.41) is 11.6. The Bertz CT molecular complexity index is 722. The van der Waals surface area contributed by atoms with Gasteiger partial charge in [-0.3, -0.25) is 4.57 Å². The molecule has 0 aliphatic heterocycles. The zero-order chi connectivity index (χ0) is 14.7. The molecule has 0 saturated carbocycles. The van der Waals surface area contributed by atoms with E-state index in [1.54, 1.807) is 30.2 Å². The topological polar surface area (TPSA) is 39.9 Å². The van der Waals surface area contributed by atoms with Crippen molar-refractivity contribution in [3.63, 3.8) is 0 Å². The molecule has 0 radical (unpaired) electrons. The summed E-state index contributed by atoms with van der Waals surface area (Å²) in [6.07, 6.45) is 0. The van der Waals surface area contributed by atoms with Gasteiger partial charge < -0.3 is 4.74 Å². The van der Waals surface area contributed by atoms with Gasteiger partial charge >= 0.3 is 0 Å². The second-order valence-electron chi connectivity index (χ2n) is 4.22. The molecule has 0 amide bonds. The summed E-state index contributed by atoms with van der Waals surface area (Å²) >= 11 is 3.33. The van der Waals surface area contributed by atoms with E-state index in [1.165, 1.54) is 0 Å². The minimum Gasteiger partial charge on any atom is -0.495 e. The van der Waals surface area contributed by atoms with Crippen LogP contribution in [-0.4, -0.2) is 27.6 Å². The van der Waals surface area contributed by atoms with Crippen molar-refractivity contribution in [1.82, 2.24) is 14.8 Å². The molecule has 0 bridgehead atoms. The fourth-order valence-corrected chi connectivity index (χ4v) is 3.46. The lowest BCUT2D eigenvalue weighted by Crippen LogP contribution is -2.01. The molecule has 0 atom stereocenters. The van der Waals surface area contributed by atoms with Crippen molar-refractivity contribution in [2.45, 2.75) is 12.1 Å². The molecule has 6 heteroatoms. The van der Waals surface area contributed by atoms with Gasteiger partial charge in [0.15, 0.2) is 11.0 Å². The average molecular weight is 317 g/mol. The zero-order valence-corrected chi connectivity index (χ0v) is 13.4. The highest BCUT2D eigenvalue weighted by atomic mass is 32.2. The first kappa shape index (κ1) is 14.2. The third-order valence-corrected chi connectivity index (χ3v) is 4.65. The Morgan fingerprint density at radius 1 is 1.19 bits per heavy atom. The average Bonchev–Trinajstić information content (AvgIpc) is 3.16. The van der Waals surface area contributed by atoms with Crippen molar-refractivity contribution >= 4 is 23.1 Å².